The molecule has 0 radical (unpaired) electrons. The van der Waals surface area contributed by atoms with Crippen LogP contribution in [0.25, 0.3) is 0 Å². The fraction of sp³-hybridized carbons (Fsp3) is 1.00. The van der Waals surface area contributed by atoms with Crippen molar-refractivity contribution in [2.24, 2.45) is 0 Å². The van der Waals surface area contributed by atoms with E-state index in [4.69, 9.17) is 4.74 Å². The molecule has 2 aliphatic rings. The van der Waals surface area contributed by atoms with E-state index in [2.05, 4.69) is 31.0 Å². The average molecular weight is 254 g/mol. The SMILES string of the molecule is CC(C)NCC1CCC(CN2CCCCC2C)O1. The van der Waals surface area contributed by atoms with Gasteiger partial charge in [0, 0.05) is 25.2 Å². The maximum Gasteiger partial charge on any atom is 0.0707 e. The summed E-state index contributed by atoms with van der Waals surface area (Å²) in [7, 11) is 0. The molecule has 3 heteroatoms. The molecule has 2 aliphatic heterocycles. The van der Waals surface area contributed by atoms with Gasteiger partial charge in [-0.3, -0.25) is 4.90 Å². The third-order valence-corrected chi connectivity index (χ3v) is 4.33. The number of rotatable bonds is 5. The molecule has 0 aromatic rings. The summed E-state index contributed by atoms with van der Waals surface area (Å²) < 4.78 is 6.16. The highest BCUT2D eigenvalue weighted by Crippen LogP contribution is 2.23. The molecule has 0 saturated carbocycles. The van der Waals surface area contributed by atoms with Gasteiger partial charge in [0.25, 0.3) is 0 Å². The van der Waals surface area contributed by atoms with Crippen LogP contribution in [0, 0.1) is 0 Å². The number of nitrogens with one attached hydrogen (secondary N) is 1. The third kappa shape index (κ3) is 4.22. The Morgan fingerprint density at radius 3 is 2.67 bits per heavy atom. The molecule has 2 rings (SSSR count). The summed E-state index contributed by atoms with van der Waals surface area (Å²) in [5.41, 5.74) is 0. The van der Waals surface area contributed by atoms with Crippen molar-refractivity contribution in [1.82, 2.24) is 10.2 Å². The highest BCUT2D eigenvalue weighted by atomic mass is 16.5. The molecule has 2 saturated heterocycles. The molecule has 18 heavy (non-hydrogen) atoms. The van der Waals surface area contributed by atoms with Gasteiger partial charge in [-0.05, 0) is 39.2 Å². The van der Waals surface area contributed by atoms with Gasteiger partial charge in [-0.1, -0.05) is 20.3 Å². The molecule has 0 bridgehead atoms. The predicted molar refractivity (Wildman–Crippen MR) is 75.9 cm³/mol. The molecular weight excluding hydrogens is 224 g/mol. The summed E-state index contributed by atoms with van der Waals surface area (Å²) in [4.78, 5) is 2.63. The van der Waals surface area contributed by atoms with Crippen molar-refractivity contribution in [2.45, 2.75) is 77.2 Å². The Hall–Kier alpha value is -0.120. The summed E-state index contributed by atoms with van der Waals surface area (Å²) in [6.45, 7) is 10.2. The lowest BCUT2D eigenvalue weighted by Gasteiger charge is -2.35. The Balaban J connectivity index is 1.68. The van der Waals surface area contributed by atoms with Crippen molar-refractivity contribution in [2.75, 3.05) is 19.6 Å². The zero-order valence-corrected chi connectivity index (χ0v) is 12.3. The summed E-state index contributed by atoms with van der Waals surface area (Å²) in [5.74, 6) is 0. The van der Waals surface area contributed by atoms with Gasteiger partial charge >= 0.3 is 0 Å². The lowest BCUT2D eigenvalue weighted by Crippen LogP contribution is -2.42. The van der Waals surface area contributed by atoms with E-state index in [0.29, 0.717) is 18.2 Å². The van der Waals surface area contributed by atoms with Crippen molar-refractivity contribution in [3.8, 4) is 0 Å². The summed E-state index contributed by atoms with van der Waals surface area (Å²) in [6.07, 6.45) is 7.53. The minimum Gasteiger partial charge on any atom is -0.372 e. The summed E-state index contributed by atoms with van der Waals surface area (Å²) in [6, 6.07) is 1.32. The van der Waals surface area contributed by atoms with Crippen LogP contribution in [0.15, 0.2) is 0 Å². The van der Waals surface area contributed by atoms with Crippen LogP contribution >= 0.6 is 0 Å². The quantitative estimate of drug-likeness (QED) is 0.815. The maximum absolute atomic E-state index is 6.16. The van der Waals surface area contributed by atoms with E-state index in [1.165, 1.54) is 38.6 Å². The van der Waals surface area contributed by atoms with Crippen LogP contribution in [0.3, 0.4) is 0 Å². The van der Waals surface area contributed by atoms with Gasteiger partial charge in [0.2, 0.25) is 0 Å². The first kappa shape index (κ1) is 14.3. The van der Waals surface area contributed by atoms with Gasteiger partial charge in [-0.2, -0.15) is 0 Å². The monoisotopic (exact) mass is 254 g/mol. The molecule has 1 N–H and O–H groups in total. The molecule has 0 spiro atoms. The number of hydrogen-bond donors (Lipinski definition) is 1. The molecule has 106 valence electrons. The van der Waals surface area contributed by atoms with E-state index in [-0.39, 0.29) is 0 Å². The molecule has 3 nitrogen and oxygen atoms in total. The van der Waals surface area contributed by atoms with E-state index >= 15 is 0 Å². The first-order valence-electron chi connectivity index (χ1n) is 7.78. The van der Waals surface area contributed by atoms with E-state index < -0.39 is 0 Å². The highest BCUT2D eigenvalue weighted by Gasteiger charge is 2.28. The van der Waals surface area contributed by atoms with E-state index in [1.54, 1.807) is 0 Å². The van der Waals surface area contributed by atoms with Crippen LogP contribution < -0.4 is 5.32 Å². The molecule has 2 heterocycles. The van der Waals surface area contributed by atoms with Gasteiger partial charge in [-0.15, -0.1) is 0 Å². The van der Waals surface area contributed by atoms with Crippen molar-refractivity contribution in [1.29, 1.82) is 0 Å². The smallest absolute Gasteiger partial charge is 0.0707 e. The lowest BCUT2D eigenvalue weighted by molar-refractivity contribution is 0.00918. The zero-order valence-electron chi connectivity index (χ0n) is 12.3. The molecule has 0 aromatic heterocycles. The molecule has 3 unspecified atom stereocenters. The zero-order chi connectivity index (χ0) is 13.0. The molecule has 2 fully saturated rings. The molecule has 0 aromatic carbocycles. The van der Waals surface area contributed by atoms with Crippen LogP contribution in [-0.4, -0.2) is 48.8 Å². The van der Waals surface area contributed by atoms with Crippen molar-refractivity contribution < 1.29 is 4.74 Å². The number of ether oxygens (including phenoxy) is 1. The van der Waals surface area contributed by atoms with Crippen molar-refractivity contribution >= 4 is 0 Å². The normalized spacial score (nSPS) is 34.3. The molecule has 0 amide bonds. The molecule has 0 aliphatic carbocycles. The Kier molecular flexibility index (Phi) is 5.46. The average Bonchev–Trinajstić information content (AvgIpc) is 2.77. The third-order valence-electron chi connectivity index (χ3n) is 4.33. The minimum atomic E-state index is 0.442. The second kappa shape index (κ2) is 6.88. The van der Waals surface area contributed by atoms with Gasteiger partial charge < -0.3 is 10.1 Å². The lowest BCUT2D eigenvalue weighted by atomic mass is 10.0. The Bertz CT molecular complexity index is 245. The Labute approximate surface area is 112 Å². The molecular formula is C15H30N2O. The van der Waals surface area contributed by atoms with Crippen LogP contribution in [0.1, 0.15) is 52.9 Å². The van der Waals surface area contributed by atoms with Gasteiger partial charge in [0.1, 0.15) is 0 Å². The Morgan fingerprint density at radius 2 is 1.94 bits per heavy atom. The van der Waals surface area contributed by atoms with E-state index in [0.717, 1.165) is 19.1 Å². The first-order valence-corrected chi connectivity index (χ1v) is 7.78. The standard InChI is InChI=1S/C15H30N2O/c1-12(2)16-10-14-7-8-15(18-14)11-17-9-5-4-6-13(17)3/h12-16H,4-11H2,1-3H3. The highest BCUT2D eigenvalue weighted by molar-refractivity contribution is 4.81. The maximum atomic E-state index is 6.16. The summed E-state index contributed by atoms with van der Waals surface area (Å²) in [5, 5.41) is 3.48. The van der Waals surface area contributed by atoms with Gasteiger partial charge in [-0.25, -0.2) is 0 Å². The van der Waals surface area contributed by atoms with Gasteiger partial charge in [0.15, 0.2) is 0 Å². The van der Waals surface area contributed by atoms with Crippen molar-refractivity contribution in [3.05, 3.63) is 0 Å². The Morgan fingerprint density at radius 1 is 1.17 bits per heavy atom. The van der Waals surface area contributed by atoms with Crippen LogP contribution in [0.2, 0.25) is 0 Å². The van der Waals surface area contributed by atoms with Crippen molar-refractivity contribution in [3.63, 3.8) is 0 Å². The van der Waals surface area contributed by atoms with Crippen LogP contribution in [0.4, 0.5) is 0 Å². The minimum absolute atomic E-state index is 0.442. The predicted octanol–water partition coefficient (Wildman–Crippen LogP) is 2.41. The van der Waals surface area contributed by atoms with E-state index in [1.807, 2.05) is 0 Å². The number of hydrogen-bond acceptors (Lipinski definition) is 3. The second-order valence-electron chi connectivity index (χ2n) is 6.36. The molecule has 3 atom stereocenters. The van der Waals surface area contributed by atoms with Crippen LogP contribution in [-0.2, 0) is 4.74 Å². The second-order valence-corrected chi connectivity index (χ2v) is 6.36. The summed E-state index contributed by atoms with van der Waals surface area (Å²) >= 11 is 0. The number of nitrogens with zero attached hydrogens (tertiary/aromatic N) is 1. The van der Waals surface area contributed by atoms with E-state index in [9.17, 15) is 0 Å². The largest absolute Gasteiger partial charge is 0.372 e. The first-order chi connectivity index (χ1) is 8.65. The topological polar surface area (TPSA) is 24.5 Å². The fourth-order valence-electron chi connectivity index (χ4n) is 3.12. The van der Waals surface area contributed by atoms with Gasteiger partial charge in [0.05, 0.1) is 12.2 Å². The van der Waals surface area contributed by atoms with Crippen LogP contribution in [0.5, 0.6) is 0 Å². The number of piperidine rings is 1. The number of likely N-dealkylation sites (tertiary alicyclic amines) is 1. The fourth-order valence-corrected chi connectivity index (χ4v) is 3.12.